The second kappa shape index (κ2) is 6.46. The smallest absolute Gasteiger partial charge is 0.138 e. The summed E-state index contributed by atoms with van der Waals surface area (Å²) >= 11 is 0. The van der Waals surface area contributed by atoms with E-state index in [0.29, 0.717) is 5.56 Å². The van der Waals surface area contributed by atoms with Crippen LogP contribution in [0.1, 0.15) is 17.0 Å². The van der Waals surface area contributed by atoms with Crippen LogP contribution in [0.2, 0.25) is 0 Å². The van der Waals surface area contributed by atoms with Crippen molar-refractivity contribution in [2.24, 2.45) is 0 Å². The predicted octanol–water partition coefficient (Wildman–Crippen LogP) is 5.07. The molecule has 0 amide bonds. The van der Waals surface area contributed by atoms with Gasteiger partial charge < -0.3 is 0 Å². The van der Waals surface area contributed by atoms with E-state index in [1.165, 1.54) is 0 Å². The quantitative estimate of drug-likeness (QED) is 0.529. The van der Waals surface area contributed by atoms with Gasteiger partial charge in [0.2, 0.25) is 0 Å². The Morgan fingerprint density at radius 3 is 2.28 bits per heavy atom. The van der Waals surface area contributed by atoms with Gasteiger partial charge in [0.15, 0.2) is 0 Å². The van der Waals surface area contributed by atoms with Crippen molar-refractivity contribution in [1.82, 2.24) is 9.55 Å². The Morgan fingerprint density at radius 2 is 1.56 bits per heavy atom. The van der Waals surface area contributed by atoms with Crippen LogP contribution in [0, 0.1) is 11.3 Å². The summed E-state index contributed by atoms with van der Waals surface area (Å²) in [5, 5.41) is 9.14. The van der Waals surface area contributed by atoms with E-state index in [-0.39, 0.29) is 0 Å². The monoisotopic (exact) mass is 321 g/mol. The number of hydrogen-bond acceptors (Lipinski definition) is 2. The van der Waals surface area contributed by atoms with Crippen LogP contribution in [0.3, 0.4) is 0 Å². The van der Waals surface area contributed by atoms with Crippen molar-refractivity contribution in [2.45, 2.75) is 0 Å². The molecule has 1 aromatic heterocycles. The number of nitrogens with zero attached hydrogens (tertiary/aromatic N) is 3. The number of benzene rings is 3. The standard InChI is InChI=1S/C22H15N3/c23-16-18-11-13-21-20(15-18)24-22(14-12-17-7-3-1-4-8-17)25(21)19-9-5-2-6-10-19/h1-15H. The molecule has 0 atom stereocenters. The van der Waals surface area contributed by atoms with Gasteiger partial charge in [-0.2, -0.15) is 5.26 Å². The molecule has 0 N–H and O–H groups in total. The van der Waals surface area contributed by atoms with Gasteiger partial charge in [0.25, 0.3) is 0 Å². The summed E-state index contributed by atoms with van der Waals surface area (Å²) < 4.78 is 2.11. The molecular weight excluding hydrogens is 306 g/mol. The van der Waals surface area contributed by atoms with Crippen molar-refractivity contribution >= 4 is 23.2 Å². The minimum Gasteiger partial charge on any atom is -0.293 e. The topological polar surface area (TPSA) is 41.6 Å². The molecule has 0 spiro atoms. The Hall–Kier alpha value is -3.64. The van der Waals surface area contributed by atoms with E-state index < -0.39 is 0 Å². The fourth-order valence-electron chi connectivity index (χ4n) is 2.86. The summed E-state index contributed by atoms with van der Waals surface area (Å²) in [6.07, 6.45) is 4.06. The van der Waals surface area contributed by atoms with Crippen LogP contribution in [0.15, 0.2) is 78.9 Å². The zero-order valence-corrected chi connectivity index (χ0v) is 13.5. The van der Waals surface area contributed by atoms with Crippen molar-refractivity contribution in [3.63, 3.8) is 0 Å². The molecule has 0 unspecified atom stereocenters. The molecular formula is C22H15N3. The van der Waals surface area contributed by atoms with Gasteiger partial charge in [-0.1, -0.05) is 54.6 Å². The number of imidazole rings is 1. The zero-order chi connectivity index (χ0) is 17.1. The van der Waals surface area contributed by atoms with Gasteiger partial charge in [0, 0.05) is 5.69 Å². The highest BCUT2D eigenvalue weighted by Gasteiger charge is 2.11. The number of aromatic nitrogens is 2. The SMILES string of the molecule is N#Cc1ccc2c(c1)nc(C=Cc1ccccc1)n2-c1ccccc1. The van der Waals surface area contributed by atoms with E-state index >= 15 is 0 Å². The van der Waals surface area contributed by atoms with Crippen LogP contribution in [-0.2, 0) is 0 Å². The normalized spacial score (nSPS) is 11.0. The van der Waals surface area contributed by atoms with Crippen molar-refractivity contribution in [3.8, 4) is 11.8 Å². The third-order valence-corrected chi connectivity index (χ3v) is 4.05. The predicted molar refractivity (Wildman–Crippen MR) is 101 cm³/mol. The lowest BCUT2D eigenvalue weighted by molar-refractivity contribution is 1.07. The lowest BCUT2D eigenvalue weighted by Gasteiger charge is -2.07. The average Bonchev–Trinajstić information content (AvgIpc) is 3.05. The third kappa shape index (κ3) is 2.93. The second-order valence-electron chi connectivity index (χ2n) is 5.70. The van der Waals surface area contributed by atoms with Gasteiger partial charge >= 0.3 is 0 Å². The number of fused-ring (bicyclic) bond motifs is 1. The van der Waals surface area contributed by atoms with Crippen molar-refractivity contribution < 1.29 is 0 Å². The first-order valence-electron chi connectivity index (χ1n) is 8.06. The first kappa shape index (κ1) is 14.9. The maximum atomic E-state index is 9.14. The van der Waals surface area contributed by atoms with E-state index in [1.807, 2.05) is 66.7 Å². The second-order valence-corrected chi connectivity index (χ2v) is 5.70. The molecule has 0 aliphatic rings. The highest BCUT2D eigenvalue weighted by molar-refractivity contribution is 5.83. The maximum absolute atomic E-state index is 9.14. The molecule has 0 saturated carbocycles. The fourth-order valence-corrected chi connectivity index (χ4v) is 2.86. The Morgan fingerprint density at radius 1 is 0.840 bits per heavy atom. The van der Waals surface area contributed by atoms with E-state index in [9.17, 15) is 0 Å². The minimum atomic E-state index is 0.615. The molecule has 118 valence electrons. The summed E-state index contributed by atoms with van der Waals surface area (Å²) in [4.78, 5) is 4.74. The molecule has 1 heterocycles. The number of rotatable bonds is 3. The fraction of sp³-hybridized carbons (Fsp3) is 0. The molecule has 25 heavy (non-hydrogen) atoms. The molecule has 0 aliphatic carbocycles. The molecule has 4 aromatic rings. The van der Waals surface area contributed by atoms with Gasteiger partial charge in [-0.3, -0.25) is 4.57 Å². The van der Waals surface area contributed by atoms with Gasteiger partial charge in [0.1, 0.15) is 5.82 Å². The summed E-state index contributed by atoms with van der Waals surface area (Å²) in [7, 11) is 0. The summed E-state index contributed by atoms with van der Waals surface area (Å²) in [5.41, 5.74) is 4.58. The van der Waals surface area contributed by atoms with Crippen LogP contribution >= 0.6 is 0 Å². The van der Waals surface area contributed by atoms with Crippen LogP contribution < -0.4 is 0 Å². The first-order valence-corrected chi connectivity index (χ1v) is 8.06. The molecule has 0 saturated heterocycles. The molecule has 3 nitrogen and oxygen atoms in total. The molecule has 4 rings (SSSR count). The first-order chi connectivity index (χ1) is 12.3. The number of para-hydroxylation sites is 1. The van der Waals surface area contributed by atoms with E-state index in [4.69, 9.17) is 10.2 Å². The van der Waals surface area contributed by atoms with E-state index in [1.54, 1.807) is 0 Å². The summed E-state index contributed by atoms with van der Waals surface area (Å²) in [6, 6.07) is 28.0. The number of nitriles is 1. The number of hydrogen-bond donors (Lipinski definition) is 0. The highest BCUT2D eigenvalue weighted by Crippen LogP contribution is 2.24. The Kier molecular flexibility index (Phi) is 3.86. The van der Waals surface area contributed by atoms with Crippen LogP contribution in [0.4, 0.5) is 0 Å². The van der Waals surface area contributed by atoms with Crippen molar-refractivity contribution in [1.29, 1.82) is 5.26 Å². The summed E-state index contributed by atoms with van der Waals surface area (Å²) in [5.74, 6) is 0.833. The molecule has 3 aromatic carbocycles. The van der Waals surface area contributed by atoms with Crippen LogP contribution in [-0.4, -0.2) is 9.55 Å². The molecule has 0 fully saturated rings. The van der Waals surface area contributed by atoms with Crippen molar-refractivity contribution in [3.05, 3.63) is 95.8 Å². The largest absolute Gasteiger partial charge is 0.293 e. The molecule has 0 aliphatic heterocycles. The van der Waals surface area contributed by atoms with Crippen LogP contribution in [0.25, 0.3) is 28.9 Å². The van der Waals surface area contributed by atoms with Gasteiger partial charge in [-0.25, -0.2) is 4.98 Å². The van der Waals surface area contributed by atoms with Gasteiger partial charge in [-0.15, -0.1) is 0 Å². The Labute approximate surface area is 146 Å². The average molecular weight is 321 g/mol. The van der Waals surface area contributed by atoms with E-state index in [2.05, 4.69) is 34.9 Å². The van der Waals surface area contributed by atoms with Crippen LogP contribution in [0.5, 0.6) is 0 Å². The molecule has 0 radical (unpaired) electrons. The highest BCUT2D eigenvalue weighted by atomic mass is 15.1. The lowest BCUT2D eigenvalue weighted by Crippen LogP contribution is -1.96. The lowest BCUT2D eigenvalue weighted by atomic mass is 10.2. The van der Waals surface area contributed by atoms with Crippen molar-refractivity contribution in [2.75, 3.05) is 0 Å². The third-order valence-electron chi connectivity index (χ3n) is 4.05. The summed E-state index contributed by atoms with van der Waals surface area (Å²) in [6.45, 7) is 0. The zero-order valence-electron chi connectivity index (χ0n) is 13.5. The Balaban J connectivity index is 1.90. The minimum absolute atomic E-state index is 0.615. The molecule has 0 bridgehead atoms. The maximum Gasteiger partial charge on any atom is 0.138 e. The van der Waals surface area contributed by atoms with E-state index in [0.717, 1.165) is 28.1 Å². The van der Waals surface area contributed by atoms with Gasteiger partial charge in [0.05, 0.1) is 22.7 Å². The Bertz CT molecular complexity index is 1080. The van der Waals surface area contributed by atoms with Gasteiger partial charge in [-0.05, 0) is 42.0 Å². The molecule has 3 heteroatoms.